The fourth-order valence-electron chi connectivity index (χ4n) is 3.66. The molecule has 1 amide bonds. The first kappa shape index (κ1) is 18.0. The molecule has 2 aliphatic rings. The second kappa shape index (κ2) is 6.66. The molecule has 4 rings (SSSR count). The number of sulfonamides is 1. The molecule has 1 aromatic heterocycles. The van der Waals surface area contributed by atoms with E-state index in [0.29, 0.717) is 30.8 Å². The van der Waals surface area contributed by atoms with Crippen molar-refractivity contribution in [2.24, 2.45) is 0 Å². The van der Waals surface area contributed by atoms with Crippen molar-refractivity contribution in [2.75, 3.05) is 25.0 Å². The highest BCUT2D eigenvalue weighted by molar-refractivity contribution is 7.96. The van der Waals surface area contributed by atoms with Gasteiger partial charge in [0.25, 0.3) is 5.91 Å². The number of nitrogens with one attached hydrogen (secondary N) is 2. The molecule has 1 saturated heterocycles. The van der Waals surface area contributed by atoms with Crippen molar-refractivity contribution in [1.82, 2.24) is 14.6 Å². The SMILES string of the molecule is O=C(c1ccc(F)cc1)N1CCCC2(CN[S+](=O)([O-])c3cnccc3N2)C1. The normalized spacial score (nSPS) is 27.6. The number of benzene rings is 1. The third kappa shape index (κ3) is 3.45. The summed E-state index contributed by atoms with van der Waals surface area (Å²) in [6, 6.07) is 7.07. The molecule has 2 unspecified atom stereocenters. The van der Waals surface area contributed by atoms with E-state index in [4.69, 9.17) is 0 Å². The second-order valence-corrected chi connectivity index (χ2v) is 8.67. The van der Waals surface area contributed by atoms with Gasteiger partial charge in [-0.2, -0.15) is 0 Å². The predicted octanol–water partition coefficient (Wildman–Crippen LogP) is 1.81. The number of carbonyl (C=O) groups excluding carboxylic acids is 1. The Hall–Kier alpha value is -2.36. The van der Waals surface area contributed by atoms with Crippen LogP contribution in [-0.4, -0.2) is 45.5 Å². The lowest BCUT2D eigenvalue weighted by molar-refractivity contribution is 0.0663. The molecule has 2 atom stereocenters. The highest BCUT2D eigenvalue weighted by atomic mass is 32.3. The van der Waals surface area contributed by atoms with Crippen LogP contribution in [0.3, 0.4) is 0 Å². The summed E-state index contributed by atoms with van der Waals surface area (Å²) >= 11 is 0. The molecule has 2 aliphatic heterocycles. The molecular weight excluding hydrogens is 371 g/mol. The number of amides is 1. The summed E-state index contributed by atoms with van der Waals surface area (Å²) in [5.74, 6) is -0.593. The van der Waals surface area contributed by atoms with Gasteiger partial charge in [-0.15, -0.1) is 4.72 Å². The molecule has 2 N–H and O–H groups in total. The van der Waals surface area contributed by atoms with Gasteiger partial charge in [-0.3, -0.25) is 9.78 Å². The molecule has 0 saturated carbocycles. The van der Waals surface area contributed by atoms with Gasteiger partial charge in [0.1, 0.15) is 5.82 Å². The average molecular weight is 390 g/mol. The topological polar surface area (TPSA) is 97.4 Å². The van der Waals surface area contributed by atoms with Crippen molar-refractivity contribution in [2.45, 2.75) is 23.3 Å². The van der Waals surface area contributed by atoms with Gasteiger partial charge in [0.2, 0.25) is 4.90 Å². The number of nitrogens with zero attached hydrogens (tertiary/aromatic N) is 2. The van der Waals surface area contributed by atoms with Crippen LogP contribution in [0.2, 0.25) is 0 Å². The fourth-order valence-corrected chi connectivity index (χ4v) is 4.89. The minimum absolute atomic E-state index is 0.101. The van der Waals surface area contributed by atoms with E-state index >= 15 is 0 Å². The molecule has 9 heteroatoms. The predicted molar refractivity (Wildman–Crippen MR) is 97.2 cm³/mol. The van der Waals surface area contributed by atoms with E-state index in [1.54, 1.807) is 11.0 Å². The number of hydrogen-bond donors (Lipinski definition) is 2. The molecule has 142 valence electrons. The van der Waals surface area contributed by atoms with Crippen LogP contribution in [0.5, 0.6) is 0 Å². The van der Waals surface area contributed by atoms with E-state index in [0.717, 1.165) is 6.42 Å². The Morgan fingerprint density at radius 3 is 2.85 bits per heavy atom. The number of halogens is 1. The van der Waals surface area contributed by atoms with Gasteiger partial charge in [0.15, 0.2) is 10.4 Å². The maximum Gasteiger partial charge on any atom is 0.253 e. The maximum atomic E-state index is 13.1. The first-order valence-corrected chi connectivity index (χ1v) is 10.1. The lowest BCUT2D eigenvalue weighted by Gasteiger charge is -2.42. The van der Waals surface area contributed by atoms with E-state index in [2.05, 4.69) is 15.0 Å². The first-order valence-electron chi connectivity index (χ1n) is 8.65. The summed E-state index contributed by atoms with van der Waals surface area (Å²) in [5.41, 5.74) is 0.270. The van der Waals surface area contributed by atoms with Crippen LogP contribution in [0.4, 0.5) is 10.1 Å². The Bertz CT molecular complexity index is 923. The van der Waals surface area contributed by atoms with E-state index in [9.17, 15) is 17.9 Å². The number of hydrogen-bond acceptors (Lipinski definition) is 5. The van der Waals surface area contributed by atoms with Gasteiger partial charge in [0.05, 0.1) is 24.0 Å². The number of fused-ring (bicyclic) bond motifs is 1. The number of carbonyl (C=O) groups is 1. The number of likely N-dealkylation sites (tertiary alicyclic amines) is 1. The van der Waals surface area contributed by atoms with Gasteiger partial charge in [-0.05, 0) is 43.2 Å². The van der Waals surface area contributed by atoms with E-state index in [1.165, 1.54) is 36.7 Å². The van der Waals surface area contributed by atoms with Gasteiger partial charge >= 0.3 is 0 Å². The van der Waals surface area contributed by atoms with Crippen molar-refractivity contribution in [3.63, 3.8) is 0 Å². The van der Waals surface area contributed by atoms with Crippen LogP contribution >= 0.6 is 0 Å². The zero-order chi connectivity index (χ0) is 19.1. The van der Waals surface area contributed by atoms with Crippen LogP contribution < -0.4 is 10.0 Å². The first-order chi connectivity index (χ1) is 12.9. The summed E-state index contributed by atoms with van der Waals surface area (Å²) in [7, 11) is -3.67. The standard InChI is InChI=1S/C18H19FN4O3S/c19-14-4-2-13(3-5-14)17(24)23-9-1-7-18(12-23)11-21-27(25,26)16-10-20-8-6-15(16)22-18/h2-6,8,10H,1,7,9,11-12H2,(H2-,20,21,22,25,26). The van der Waals surface area contributed by atoms with Crippen LogP contribution in [0.15, 0.2) is 47.6 Å². The Kier molecular flexibility index (Phi) is 4.45. The Morgan fingerprint density at radius 1 is 1.30 bits per heavy atom. The minimum Gasteiger partial charge on any atom is -0.593 e. The van der Waals surface area contributed by atoms with Gasteiger partial charge in [-0.25, -0.2) is 4.39 Å². The molecule has 27 heavy (non-hydrogen) atoms. The summed E-state index contributed by atoms with van der Waals surface area (Å²) in [5, 5.41) is 3.34. The molecule has 2 aromatic rings. The molecule has 0 bridgehead atoms. The highest BCUT2D eigenvalue weighted by Crippen LogP contribution is 2.34. The van der Waals surface area contributed by atoms with Gasteiger partial charge in [-0.1, -0.05) is 4.21 Å². The fraction of sp³-hybridized carbons (Fsp3) is 0.333. The van der Waals surface area contributed by atoms with Crippen molar-refractivity contribution in [3.05, 3.63) is 54.1 Å². The molecule has 0 radical (unpaired) electrons. The van der Waals surface area contributed by atoms with Crippen LogP contribution in [0, 0.1) is 5.82 Å². The quantitative estimate of drug-likeness (QED) is 0.724. The molecular formula is C18H19FN4O3S. The van der Waals surface area contributed by atoms with Crippen molar-refractivity contribution in [1.29, 1.82) is 0 Å². The van der Waals surface area contributed by atoms with Gasteiger partial charge < -0.3 is 14.8 Å². The number of rotatable bonds is 1. The van der Waals surface area contributed by atoms with Crippen LogP contribution in [0.1, 0.15) is 23.2 Å². The van der Waals surface area contributed by atoms with Crippen LogP contribution in [-0.2, 0) is 14.6 Å². The molecule has 7 nitrogen and oxygen atoms in total. The lowest BCUT2D eigenvalue weighted by Crippen LogP contribution is -2.59. The highest BCUT2D eigenvalue weighted by Gasteiger charge is 2.43. The summed E-state index contributed by atoms with van der Waals surface area (Å²) in [6.45, 7) is 1.07. The number of anilines is 1. The average Bonchev–Trinajstić information content (AvgIpc) is 2.77. The summed E-state index contributed by atoms with van der Waals surface area (Å²) < 4.78 is 40.7. The van der Waals surface area contributed by atoms with E-state index in [1.807, 2.05) is 0 Å². The Morgan fingerprint density at radius 2 is 2.07 bits per heavy atom. The smallest absolute Gasteiger partial charge is 0.253 e. The Balaban J connectivity index is 1.61. The zero-order valence-corrected chi connectivity index (χ0v) is 15.3. The van der Waals surface area contributed by atoms with Crippen molar-refractivity contribution < 1.29 is 17.9 Å². The summed E-state index contributed by atoms with van der Waals surface area (Å²) in [4.78, 5) is 18.5. The van der Waals surface area contributed by atoms with Crippen LogP contribution in [0.25, 0.3) is 0 Å². The molecule has 3 heterocycles. The van der Waals surface area contributed by atoms with E-state index < -0.39 is 21.8 Å². The molecule has 1 fully saturated rings. The zero-order valence-electron chi connectivity index (χ0n) is 14.5. The third-order valence-corrected chi connectivity index (χ3v) is 6.46. The van der Waals surface area contributed by atoms with Crippen molar-refractivity contribution in [3.8, 4) is 0 Å². The largest absolute Gasteiger partial charge is 0.593 e. The summed E-state index contributed by atoms with van der Waals surface area (Å²) in [6.07, 6.45) is 4.28. The number of aromatic nitrogens is 1. The minimum atomic E-state index is -3.67. The molecule has 1 spiro atoms. The third-order valence-electron chi connectivity index (χ3n) is 5.03. The number of piperidine rings is 1. The monoisotopic (exact) mass is 390 g/mol. The second-order valence-electron chi connectivity index (χ2n) is 6.94. The molecule has 0 aliphatic carbocycles. The number of pyridine rings is 1. The van der Waals surface area contributed by atoms with Gasteiger partial charge in [0, 0.05) is 24.8 Å². The molecule has 1 aromatic carbocycles. The maximum absolute atomic E-state index is 13.1. The van der Waals surface area contributed by atoms with Crippen molar-refractivity contribution >= 4 is 22.0 Å². The van der Waals surface area contributed by atoms with E-state index in [-0.39, 0.29) is 17.3 Å². The Labute approximate surface area is 157 Å². The lowest BCUT2D eigenvalue weighted by atomic mass is 9.88.